The van der Waals surface area contributed by atoms with Crippen molar-refractivity contribution in [2.24, 2.45) is 5.73 Å². The number of nitrogens with two attached hydrogens (primary N) is 1. The molecule has 0 amide bonds. The lowest BCUT2D eigenvalue weighted by molar-refractivity contribution is 0.826. The summed E-state index contributed by atoms with van der Waals surface area (Å²) in [5.74, 6) is 0. The van der Waals surface area contributed by atoms with E-state index in [-0.39, 0.29) is 6.04 Å². The van der Waals surface area contributed by atoms with Gasteiger partial charge in [0, 0.05) is 9.75 Å². The minimum atomic E-state index is -0.0899. The molecule has 0 bridgehead atoms. The fourth-order valence-electron chi connectivity index (χ4n) is 1.66. The van der Waals surface area contributed by atoms with Crippen LogP contribution in [0.2, 0.25) is 0 Å². The lowest BCUT2D eigenvalue weighted by atomic mass is 10.1. The molecule has 0 aliphatic rings. The zero-order chi connectivity index (χ0) is 11.7. The summed E-state index contributed by atoms with van der Waals surface area (Å²) >= 11 is 1.73. The molecule has 84 valence electrons. The van der Waals surface area contributed by atoms with Gasteiger partial charge in [-0.2, -0.15) is 10.2 Å². The summed E-state index contributed by atoms with van der Waals surface area (Å²) < 4.78 is 0. The van der Waals surface area contributed by atoms with Crippen LogP contribution in [-0.2, 0) is 0 Å². The molecule has 1 atom stereocenters. The minimum absolute atomic E-state index is 0.0899. The van der Waals surface area contributed by atoms with Crippen molar-refractivity contribution in [1.82, 2.24) is 10.2 Å². The van der Waals surface area contributed by atoms with Crippen LogP contribution >= 0.6 is 11.3 Å². The van der Waals surface area contributed by atoms with E-state index >= 15 is 0 Å². The third kappa shape index (κ3) is 2.13. The molecular formula is C12H15N3S. The normalized spacial score (nSPS) is 12.8. The highest BCUT2D eigenvalue weighted by atomic mass is 32.1. The van der Waals surface area contributed by atoms with E-state index in [2.05, 4.69) is 29.3 Å². The molecular weight excluding hydrogens is 218 g/mol. The second-order valence-electron chi connectivity index (χ2n) is 3.95. The Hall–Kier alpha value is -1.26. The van der Waals surface area contributed by atoms with E-state index in [1.807, 2.05) is 19.9 Å². The van der Waals surface area contributed by atoms with Crippen LogP contribution < -0.4 is 5.73 Å². The van der Waals surface area contributed by atoms with E-state index in [9.17, 15) is 0 Å². The second-order valence-corrected chi connectivity index (χ2v) is 5.27. The van der Waals surface area contributed by atoms with E-state index in [1.54, 1.807) is 11.3 Å². The molecule has 0 aliphatic carbocycles. The third-order valence-electron chi connectivity index (χ3n) is 2.54. The summed E-state index contributed by atoms with van der Waals surface area (Å²) in [6, 6.07) is 6.10. The van der Waals surface area contributed by atoms with Gasteiger partial charge in [0.15, 0.2) is 0 Å². The molecule has 3 nitrogen and oxygen atoms in total. The van der Waals surface area contributed by atoms with Gasteiger partial charge in [0.2, 0.25) is 0 Å². The highest BCUT2D eigenvalue weighted by molar-refractivity contribution is 7.12. The largest absolute Gasteiger partial charge is 0.320 e. The first-order chi connectivity index (χ1) is 7.58. The summed E-state index contributed by atoms with van der Waals surface area (Å²) in [7, 11) is 0. The van der Waals surface area contributed by atoms with Crippen LogP contribution in [0.3, 0.4) is 0 Å². The Balaban J connectivity index is 2.40. The molecule has 1 unspecified atom stereocenters. The summed E-state index contributed by atoms with van der Waals surface area (Å²) in [6.07, 6.45) is 0. The number of hydrogen-bond donors (Lipinski definition) is 1. The predicted molar refractivity (Wildman–Crippen MR) is 66.6 cm³/mol. The lowest BCUT2D eigenvalue weighted by Crippen LogP contribution is -2.13. The van der Waals surface area contributed by atoms with Crippen molar-refractivity contribution in [3.63, 3.8) is 0 Å². The van der Waals surface area contributed by atoms with Crippen LogP contribution in [0.25, 0.3) is 0 Å². The highest BCUT2D eigenvalue weighted by Gasteiger charge is 2.14. The van der Waals surface area contributed by atoms with Crippen molar-refractivity contribution >= 4 is 11.3 Å². The van der Waals surface area contributed by atoms with Gasteiger partial charge in [-0.15, -0.1) is 11.3 Å². The first-order valence-electron chi connectivity index (χ1n) is 5.20. The molecule has 0 fully saturated rings. The van der Waals surface area contributed by atoms with Gasteiger partial charge in [-0.3, -0.25) is 0 Å². The molecule has 0 spiro atoms. The average Bonchev–Trinajstić information content (AvgIpc) is 2.67. The Morgan fingerprint density at radius 3 is 2.56 bits per heavy atom. The van der Waals surface area contributed by atoms with Crippen molar-refractivity contribution < 1.29 is 0 Å². The number of rotatable bonds is 2. The second kappa shape index (κ2) is 4.31. The fraction of sp³-hybridized carbons (Fsp3) is 0.333. The quantitative estimate of drug-likeness (QED) is 0.867. The van der Waals surface area contributed by atoms with Crippen molar-refractivity contribution in [1.29, 1.82) is 0 Å². The topological polar surface area (TPSA) is 51.8 Å². The Labute approximate surface area is 99.3 Å². The number of nitrogens with zero attached hydrogens (tertiary/aromatic N) is 2. The van der Waals surface area contributed by atoms with Crippen molar-refractivity contribution in [2.45, 2.75) is 26.8 Å². The van der Waals surface area contributed by atoms with Gasteiger partial charge in [0.25, 0.3) is 0 Å². The molecule has 4 heteroatoms. The van der Waals surface area contributed by atoms with Crippen molar-refractivity contribution in [2.75, 3.05) is 0 Å². The first-order valence-corrected chi connectivity index (χ1v) is 6.02. The van der Waals surface area contributed by atoms with Gasteiger partial charge in [-0.05, 0) is 44.5 Å². The fourth-order valence-corrected chi connectivity index (χ4v) is 2.56. The van der Waals surface area contributed by atoms with Crippen LogP contribution in [0.5, 0.6) is 0 Å². The maximum absolute atomic E-state index is 6.24. The molecule has 2 heterocycles. The number of thiophene rings is 1. The van der Waals surface area contributed by atoms with Crippen LogP contribution in [0.1, 0.15) is 32.7 Å². The molecule has 0 radical (unpaired) electrons. The number of aromatic nitrogens is 2. The Bertz CT molecular complexity index is 505. The number of hydrogen-bond acceptors (Lipinski definition) is 4. The monoisotopic (exact) mass is 233 g/mol. The zero-order valence-corrected chi connectivity index (χ0v) is 10.5. The third-order valence-corrected chi connectivity index (χ3v) is 3.63. The summed E-state index contributed by atoms with van der Waals surface area (Å²) in [6.45, 7) is 5.97. The van der Waals surface area contributed by atoms with Gasteiger partial charge < -0.3 is 5.73 Å². The van der Waals surface area contributed by atoms with Crippen LogP contribution in [0.15, 0.2) is 18.2 Å². The van der Waals surface area contributed by atoms with Crippen molar-refractivity contribution in [3.8, 4) is 0 Å². The average molecular weight is 233 g/mol. The first kappa shape index (κ1) is 11.2. The molecule has 0 saturated heterocycles. The molecule has 2 rings (SSSR count). The van der Waals surface area contributed by atoms with Gasteiger partial charge >= 0.3 is 0 Å². The summed E-state index contributed by atoms with van der Waals surface area (Å²) in [4.78, 5) is 2.45. The molecule has 2 aromatic heterocycles. The molecule has 0 aromatic carbocycles. The molecule has 2 aromatic rings. The van der Waals surface area contributed by atoms with Crippen molar-refractivity contribution in [3.05, 3.63) is 44.9 Å². The number of aryl methyl sites for hydroxylation is 3. The van der Waals surface area contributed by atoms with Crippen LogP contribution in [0.4, 0.5) is 0 Å². The Morgan fingerprint density at radius 2 is 1.94 bits per heavy atom. The maximum atomic E-state index is 6.24. The van der Waals surface area contributed by atoms with Crippen LogP contribution in [-0.4, -0.2) is 10.2 Å². The highest BCUT2D eigenvalue weighted by Crippen LogP contribution is 2.27. The lowest BCUT2D eigenvalue weighted by Gasteiger charge is -2.12. The SMILES string of the molecule is Cc1cc(C(N)c2ccc(C)s2)c(C)nn1. The minimum Gasteiger partial charge on any atom is -0.320 e. The summed E-state index contributed by atoms with van der Waals surface area (Å²) in [5, 5.41) is 8.13. The van der Waals surface area contributed by atoms with Gasteiger partial charge in [-0.25, -0.2) is 0 Å². The van der Waals surface area contributed by atoms with E-state index < -0.39 is 0 Å². The maximum Gasteiger partial charge on any atom is 0.0665 e. The molecule has 16 heavy (non-hydrogen) atoms. The van der Waals surface area contributed by atoms with E-state index in [0.29, 0.717) is 0 Å². The standard InChI is InChI=1S/C12H15N3S/c1-7-6-10(9(3)15-14-7)12(13)11-5-4-8(2)16-11/h4-6,12H,13H2,1-3H3. The molecule has 2 N–H and O–H groups in total. The van der Waals surface area contributed by atoms with Gasteiger partial charge in [-0.1, -0.05) is 0 Å². The zero-order valence-electron chi connectivity index (χ0n) is 9.69. The van der Waals surface area contributed by atoms with Crippen LogP contribution in [0, 0.1) is 20.8 Å². The summed E-state index contributed by atoms with van der Waals surface area (Å²) in [5.41, 5.74) is 9.12. The Kier molecular flexibility index (Phi) is 3.03. The molecule has 0 saturated carbocycles. The Morgan fingerprint density at radius 1 is 1.19 bits per heavy atom. The van der Waals surface area contributed by atoms with Gasteiger partial charge in [0.1, 0.15) is 0 Å². The van der Waals surface area contributed by atoms with E-state index in [1.165, 1.54) is 9.75 Å². The van der Waals surface area contributed by atoms with E-state index in [4.69, 9.17) is 5.73 Å². The molecule has 0 aliphatic heterocycles. The van der Waals surface area contributed by atoms with Gasteiger partial charge in [0.05, 0.1) is 17.4 Å². The smallest absolute Gasteiger partial charge is 0.0665 e. The predicted octanol–water partition coefficient (Wildman–Crippen LogP) is 2.51. The van der Waals surface area contributed by atoms with E-state index in [0.717, 1.165) is 17.0 Å².